The van der Waals surface area contributed by atoms with Crippen LogP contribution < -0.4 is 34.7 Å². The molecule has 0 saturated carbocycles. The van der Waals surface area contributed by atoms with Crippen LogP contribution in [-0.2, 0) is 32.5 Å². The van der Waals surface area contributed by atoms with E-state index < -0.39 is 22.1 Å². The Bertz CT molecular complexity index is 998. The molecule has 2 aromatic rings. The molecule has 0 aliphatic rings. The topological polar surface area (TPSA) is 132 Å². The fourth-order valence-electron chi connectivity index (χ4n) is 3.06. The number of hydrogen-bond acceptors (Lipinski definition) is 5. The molecule has 0 aliphatic heterocycles. The van der Waals surface area contributed by atoms with Gasteiger partial charge in [-0.2, -0.15) is 8.42 Å². The van der Waals surface area contributed by atoms with E-state index in [-0.39, 0.29) is 34.5 Å². The van der Waals surface area contributed by atoms with Crippen molar-refractivity contribution in [1.29, 1.82) is 0 Å². The number of aryl methyl sites for hydroxylation is 1. The Morgan fingerprint density at radius 3 is 2.10 bits per heavy atom. The van der Waals surface area contributed by atoms with E-state index in [4.69, 9.17) is 5.11 Å². The Labute approximate surface area is 205 Å². The molecule has 0 aromatic heterocycles. The van der Waals surface area contributed by atoms with Gasteiger partial charge in [-0.25, -0.2) is 4.79 Å². The van der Waals surface area contributed by atoms with Gasteiger partial charge in [-0.1, -0.05) is 57.0 Å². The zero-order valence-corrected chi connectivity index (χ0v) is 20.9. The second kappa shape index (κ2) is 14.4. The van der Waals surface area contributed by atoms with Crippen molar-refractivity contribution >= 4 is 32.8 Å². The molecule has 2 aromatic carbocycles. The van der Waals surface area contributed by atoms with Gasteiger partial charge in [0.2, 0.25) is 0 Å². The molecule has 2 N–H and O–H groups in total. The van der Waals surface area contributed by atoms with Gasteiger partial charge >= 0.3 is 35.5 Å². The molecule has 31 heavy (non-hydrogen) atoms. The van der Waals surface area contributed by atoms with E-state index in [2.05, 4.69) is 19.9 Å². The van der Waals surface area contributed by atoms with E-state index in [0.717, 1.165) is 48.6 Å². The first-order valence-corrected chi connectivity index (χ1v) is 11.2. The first-order chi connectivity index (χ1) is 14.1. The Balaban J connectivity index is 0.000000858. The molecule has 0 saturated heterocycles. The largest absolute Gasteiger partial charge is 1.00 e. The van der Waals surface area contributed by atoms with Gasteiger partial charge in [0.1, 0.15) is 4.90 Å². The van der Waals surface area contributed by atoms with E-state index in [0.29, 0.717) is 24.0 Å². The average molecular weight is 459 g/mol. The van der Waals surface area contributed by atoms with Crippen LogP contribution in [0.5, 0.6) is 0 Å². The summed E-state index contributed by atoms with van der Waals surface area (Å²) in [4.78, 5) is 19.1. The van der Waals surface area contributed by atoms with E-state index in [1.807, 2.05) is 18.2 Å². The van der Waals surface area contributed by atoms with Gasteiger partial charge in [0, 0.05) is 11.5 Å². The van der Waals surface area contributed by atoms with E-state index in [1.54, 1.807) is 6.07 Å². The number of carboxylic acids is 2. The number of rotatable bonds is 9. The van der Waals surface area contributed by atoms with Crippen LogP contribution in [0.3, 0.4) is 0 Å². The number of benzene rings is 2. The summed E-state index contributed by atoms with van der Waals surface area (Å²) in [7, 11) is -4.24. The van der Waals surface area contributed by atoms with Crippen LogP contribution >= 0.6 is 0 Å². The summed E-state index contributed by atoms with van der Waals surface area (Å²) >= 11 is 0. The van der Waals surface area contributed by atoms with Gasteiger partial charge in [-0.3, -0.25) is 4.55 Å². The quantitative estimate of drug-likeness (QED) is 0.311. The predicted octanol–water partition coefficient (Wildman–Crippen LogP) is 0.153. The van der Waals surface area contributed by atoms with E-state index in [9.17, 15) is 27.7 Å². The summed E-state index contributed by atoms with van der Waals surface area (Å²) in [6, 6.07) is 9.48. The summed E-state index contributed by atoms with van der Waals surface area (Å²) in [5.74, 6) is -2.80. The number of fused-ring (bicyclic) bond motifs is 1. The van der Waals surface area contributed by atoms with Crippen LogP contribution in [0.15, 0.2) is 47.4 Å². The Kier molecular flexibility index (Phi) is 13.6. The number of carbonyl (C=O) groups excluding carboxylic acids is 1. The Morgan fingerprint density at radius 2 is 1.61 bits per heavy atom. The number of aliphatic carboxylic acids is 2. The number of unbranched alkanes of at least 4 members (excludes halogenated alkanes) is 2. The zero-order valence-electron chi connectivity index (χ0n) is 18.1. The van der Waals surface area contributed by atoms with Gasteiger partial charge in [0.05, 0.1) is 5.97 Å². The summed E-state index contributed by atoms with van der Waals surface area (Å²) in [5.41, 5.74) is 1.86. The molecular weight excluding hydrogens is 431 g/mol. The maximum atomic E-state index is 12.0. The third-order valence-corrected chi connectivity index (χ3v) is 5.38. The molecule has 0 aliphatic carbocycles. The minimum atomic E-state index is -4.24. The van der Waals surface area contributed by atoms with E-state index >= 15 is 0 Å². The summed E-state index contributed by atoms with van der Waals surface area (Å²) in [6.45, 7) is 4.20. The van der Waals surface area contributed by atoms with Gasteiger partial charge < -0.3 is 15.0 Å². The Hall–Kier alpha value is -1.71. The molecule has 0 unspecified atom stereocenters. The Morgan fingerprint density at radius 1 is 1.03 bits per heavy atom. The fourth-order valence-corrected chi connectivity index (χ4v) is 4.07. The molecule has 0 bridgehead atoms. The van der Waals surface area contributed by atoms with Crippen molar-refractivity contribution in [1.82, 2.24) is 0 Å². The van der Waals surface area contributed by atoms with Crippen LogP contribution in [0.25, 0.3) is 10.8 Å². The SMILES string of the molecule is CCCCc1cc2ccccc2c(S(=O)(=O)O)c1CCCC.O=C([O-])/C=C/C(=O)O.[Na+]. The maximum Gasteiger partial charge on any atom is 1.00 e. The summed E-state index contributed by atoms with van der Waals surface area (Å²) in [6.07, 6.45) is 6.46. The average Bonchev–Trinajstić information content (AvgIpc) is 2.68. The van der Waals surface area contributed by atoms with Crippen molar-refractivity contribution in [2.24, 2.45) is 0 Å². The number of hydrogen-bond donors (Lipinski definition) is 2. The maximum absolute atomic E-state index is 12.0. The molecule has 9 heteroatoms. The molecule has 0 atom stereocenters. The van der Waals surface area contributed by atoms with Crippen LogP contribution in [0.2, 0.25) is 0 Å². The van der Waals surface area contributed by atoms with Crippen LogP contribution in [0.1, 0.15) is 50.7 Å². The van der Waals surface area contributed by atoms with Crippen LogP contribution in [0, 0.1) is 0 Å². The van der Waals surface area contributed by atoms with Gasteiger partial charge in [0.25, 0.3) is 10.1 Å². The molecule has 0 fully saturated rings. The third-order valence-electron chi connectivity index (χ3n) is 4.40. The van der Waals surface area contributed by atoms with Crippen LogP contribution in [0.4, 0.5) is 0 Å². The van der Waals surface area contributed by atoms with Crippen molar-refractivity contribution in [3.63, 3.8) is 0 Å². The normalized spacial score (nSPS) is 10.9. The van der Waals surface area contributed by atoms with Crippen molar-refractivity contribution < 1.29 is 62.3 Å². The van der Waals surface area contributed by atoms with Crippen molar-refractivity contribution in [2.75, 3.05) is 0 Å². The molecule has 0 radical (unpaired) electrons. The van der Waals surface area contributed by atoms with E-state index in [1.165, 1.54) is 0 Å². The smallest absolute Gasteiger partial charge is 0.545 e. The number of carboxylic acid groups (broad SMARTS) is 2. The summed E-state index contributed by atoms with van der Waals surface area (Å²) < 4.78 is 33.8. The molecule has 0 spiro atoms. The second-order valence-electron chi connectivity index (χ2n) is 6.74. The van der Waals surface area contributed by atoms with Gasteiger partial charge in [0.15, 0.2) is 0 Å². The minimum absolute atomic E-state index is 0. The van der Waals surface area contributed by atoms with Gasteiger partial charge in [-0.15, -0.1) is 0 Å². The first-order valence-electron chi connectivity index (χ1n) is 9.74. The molecular formula is C22H27NaO7S. The van der Waals surface area contributed by atoms with Crippen molar-refractivity contribution in [3.05, 3.63) is 53.6 Å². The minimum Gasteiger partial charge on any atom is -0.545 e. The van der Waals surface area contributed by atoms with Crippen molar-refractivity contribution in [2.45, 2.75) is 57.3 Å². The second-order valence-corrected chi connectivity index (χ2v) is 8.10. The third kappa shape index (κ3) is 9.97. The van der Waals surface area contributed by atoms with Crippen molar-refractivity contribution in [3.8, 4) is 0 Å². The molecule has 164 valence electrons. The molecule has 0 amide bonds. The van der Waals surface area contributed by atoms with Crippen LogP contribution in [-0.4, -0.2) is 30.0 Å². The number of carbonyl (C=O) groups is 2. The summed E-state index contributed by atoms with van der Waals surface area (Å²) in [5, 5.41) is 18.7. The van der Waals surface area contributed by atoms with Gasteiger partial charge in [-0.05, 0) is 48.3 Å². The standard InChI is InChI=1S/C18H24O3S.C4H4O4.Na/c1-3-5-9-14-13-15-10-7-8-12-17(15)18(22(19,20)21)16(14)11-6-4-2;5-3(6)1-2-4(7)8;/h7-8,10,12-13H,3-6,9,11H2,1-2H3,(H,19,20,21);1-2H,(H,5,6)(H,7,8);/q;;+1/p-1/b;2-1+;. The monoisotopic (exact) mass is 458 g/mol. The molecule has 7 nitrogen and oxygen atoms in total. The molecule has 0 heterocycles. The predicted molar refractivity (Wildman–Crippen MR) is 113 cm³/mol. The molecule has 2 rings (SSSR count). The zero-order chi connectivity index (χ0) is 22.7. The fraction of sp³-hybridized carbons (Fsp3) is 0.364. The first kappa shape index (κ1) is 29.3.